The predicted octanol–water partition coefficient (Wildman–Crippen LogP) is 8.51. The zero-order valence-electron chi connectivity index (χ0n) is 21.3. The van der Waals surface area contributed by atoms with Crippen molar-refractivity contribution in [1.82, 2.24) is 9.97 Å². The Kier molecular flexibility index (Phi) is 9.99. The van der Waals surface area contributed by atoms with E-state index in [0.29, 0.717) is 5.92 Å². The molecule has 0 bridgehead atoms. The first-order chi connectivity index (χ1) is 17.3. The molecule has 0 aliphatic heterocycles. The van der Waals surface area contributed by atoms with Crippen LogP contribution in [-0.2, 0) is 0 Å². The molecule has 1 heterocycles. The van der Waals surface area contributed by atoms with Gasteiger partial charge in [0, 0.05) is 17.3 Å². The third-order valence-corrected chi connectivity index (χ3v) is 6.90. The molecule has 35 heavy (non-hydrogen) atoms. The van der Waals surface area contributed by atoms with Gasteiger partial charge in [-0.1, -0.05) is 58.3 Å². The van der Waals surface area contributed by atoms with Crippen LogP contribution in [-0.4, -0.2) is 23.2 Å². The molecule has 0 unspecified atom stereocenters. The molecule has 0 radical (unpaired) electrons. The van der Waals surface area contributed by atoms with Crippen molar-refractivity contribution < 1.29 is 9.47 Å². The normalized spacial score (nSPS) is 14.1. The standard InChI is InChI=1S/C31H40N2O2/c1-2-3-4-5-6-10-23-34-28-19-15-27(16-20-28)31-32-22-21-30(33-31)26-13-17-29(18-14-26)35-24-25-11-8-7-9-12-25/h13-22,25H,2-12,23-24H2,1H3. The number of nitrogens with zero attached hydrogens (tertiary/aromatic N) is 2. The van der Waals surface area contributed by atoms with E-state index in [0.717, 1.165) is 53.8 Å². The van der Waals surface area contributed by atoms with Gasteiger partial charge in [0.05, 0.1) is 18.9 Å². The van der Waals surface area contributed by atoms with Gasteiger partial charge in [-0.05, 0) is 79.8 Å². The lowest BCUT2D eigenvalue weighted by Gasteiger charge is -2.21. The largest absolute Gasteiger partial charge is 0.494 e. The third-order valence-electron chi connectivity index (χ3n) is 6.90. The number of benzene rings is 2. The number of aromatic nitrogens is 2. The smallest absolute Gasteiger partial charge is 0.159 e. The van der Waals surface area contributed by atoms with Crippen molar-refractivity contribution in [2.45, 2.75) is 77.6 Å². The Morgan fingerprint density at radius 2 is 1.37 bits per heavy atom. The lowest BCUT2D eigenvalue weighted by atomic mass is 9.90. The van der Waals surface area contributed by atoms with E-state index >= 15 is 0 Å². The number of hydrogen-bond donors (Lipinski definition) is 0. The van der Waals surface area contributed by atoms with Gasteiger partial charge in [0.15, 0.2) is 5.82 Å². The highest BCUT2D eigenvalue weighted by atomic mass is 16.5. The van der Waals surface area contributed by atoms with E-state index in [-0.39, 0.29) is 0 Å². The molecule has 186 valence electrons. The molecule has 3 aromatic rings. The average Bonchev–Trinajstić information content (AvgIpc) is 2.93. The molecular weight excluding hydrogens is 432 g/mol. The summed E-state index contributed by atoms with van der Waals surface area (Å²) in [6, 6.07) is 18.3. The number of rotatable bonds is 13. The van der Waals surface area contributed by atoms with Gasteiger partial charge in [0.25, 0.3) is 0 Å². The summed E-state index contributed by atoms with van der Waals surface area (Å²) in [5, 5.41) is 0. The molecule has 2 aromatic carbocycles. The Morgan fingerprint density at radius 3 is 2.11 bits per heavy atom. The molecule has 0 atom stereocenters. The molecule has 1 aliphatic rings. The van der Waals surface area contributed by atoms with Gasteiger partial charge in [-0.25, -0.2) is 9.97 Å². The summed E-state index contributed by atoms with van der Waals surface area (Å²) < 4.78 is 12.0. The number of unbranched alkanes of at least 4 members (excludes halogenated alkanes) is 5. The van der Waals surface area contributed by atoms with E-state index in [9.17, 15) is 0 Å². The van der Waals surface area contributed by atoms with Crippen LogP contribution in [0, 0.1) is 5.92 Å². The highest BCUT2D eigenvalue weighted by Gasteiger charge is 2.14. The Bertz CT molecular complexity index is 995. The highest BCUT2D eigenvalue weighted by molar-refractivity contribution is 5.64. The first kappa shape index (κ1) is 25.2. The molecule has 0 N–H and O–H groups in total. The molecule has 1 aromatic heterocycles. The van der Waals surface area contributed by atoms with Gasteiger partial charge in [-0.15, -0.1) is 0 Å². The summed E-state index contributed by atoms with van der Waals surface area (Å²) in [5.74, 6) is 3.27. The summed E-state index contributed by atoms with van der Waals surface area (Å²) in [5.41, 5.74) is 2.97. The molecule has 4 nitrogen and oxygen atoms in total. The van der Waals surface area contributed by atoms with Crippen LogP contribution in [0.4, 0.5) is 0 Å². The van der Waals surface area contributed by atoms with E-state index in [1.165, 1.54) is 64.2 Å². The minimum atomic E-state index is 0.709. The topological polar surface area (TPSA) is 44.2 Å². The average molecular weight is 473 g/mol. The molecule has 4 heteroatoms. The van der Waals surface area contributed by atoms with Crippen LogP contribution < -0.4 is 9.47 Å². The molecule has 4 rings (SSSR count). The van der Waals surface area contributed by atoms with Crippen LogP contribution in [0.15, 0.2) is 60.8 Å². The van der Waals surface area contributed by atoms with Gasteiger partial charge in [0.1, 0.15) is 11.5 Å². The first-order valence-corrected chi connectivity index (χ1v) is 13.6. The highest BCUT2D eigenvalue weighted by Crippen LogP contribution is 2.27. The van der Waals surface area contributed by atoms with Crippen LogP contribution in [0.1, 0.15) is 77.6 Å². The second-order valence-electron chi connectivity index (χ2n) is 9.75. The zero-order chi connectivity index (χ0) is 24.1. The van der Waals surface area contributed by atoms with E-state index < -0.39 is 0 Å². The lowest BCUT2D eigenvalue weighted by molar-refractivity contribution is 0.209. The number of hydrogen-bond acceptors (Lipinski definition) is 4. The minimum Gasteiger partial charge on any atom is -0.494 e. The van der Waals surface area contributed by atoms with Crippen LogP contribution in [0.25, 0.3) is 22.6 Å². The Balaban J connectivity index is 1.28. The van der Waals surface area contributed by atoms with Crippen LogP contribution >= 0.6 is 0 Å². The second-order valence-corrected chi connectivity index (χ2v) is 9.75. The molecule has 1 saturated carbocycles. The van der Waals surface area contributed by atoms with Crippen LogP contribution in [0.5, 0.6) is 11.5 Å². The maximum atomic E-state index is 6.05. The summed E-state index contributed by atoms with van der Waals surface area (Å²) in [6.07, 6.45) is 16.1. The Hall–Kier alpha value is -2.88. The zero-order valence-corrected chi connectivity index (χ0v) is 21.3. The molecule has 0 saturated heterocycles. The molecular formula is C31H40N2O2. The molecule has 1 aliphatic carbocycles. The van der Waals surface area contributed by atoms with Gasteiger partial charge in [-0.2, -0.15) is 0 Å². The van der Waals surface area contributed by atoms with Gasteiger partial charge < -0.3 is 9.47 Å². The van der Waals surface area contributed by atoms with Crippen molar-refractivity contribution in [2.24, 2.45) is 5.92 Å². The van der Waals surface area contributed by atoms with E-state index in [1.54, 1.807) is 0 Å². The van der Waals surface area contributed by atoms with Crippen molar-refractivity contribution in [1.29, 1.82) is 0 Å². The molecule has 0 amide bonds. The molecule has 1 fully saturated rings. The van der Waals surface area contributed by atoms with Crippen molar-refractivity contribution in [3.63, 3.8) is 0 Å². The maximum Gasteiger partial charge on any atom is 0.159 e. The van der Waals surface area contributed by atoms with Gasteiger partial charge in [0.2, 0.25) is 0 Å². The monoisotopic (exact) mass is 472 g/mol. The summed E-state index contributed by atoms with van der Waals surface area (Å²) in [4.78, 5) is 9.31. The third kappa shape index (κ3) is 8.09. The van der Waals surface area contributed by atoms with Crippen LogP contribution in [0.2, 0.25) is 0 Å². The first-order valence-electron chi connectivity index (χ1n) is 13.6. The quantitative estimate of drug-likeness (QED) is 0.234. The van der Waals surface area contributed by atoms with Crippen molar-refractivity contribution in [3.8, 4) is 34.1 Å². The van der Waals surface area contributed by atoms with Gasteiger partial charge >= 0.3 is 0 Å². The minimum absolute atomic E-state index is 0.709. The van der Waals surface area contributed by atoms with Gasteiger partial charge in [-0.3, -0.25) is 0 Å². The Labute approximate surface area is 211 Å². The predicted molar refractivity (Wildman–Crippen MR) is 144 cm³/mol. The Morgan fingerprint density at radius 1 is 0.714 bits per heavy atom. The van der Waals surface area contributed by atoms with E-state index in [2.05, 4.69) is 36.2 Å². The van der Waals surface area contributed by atoms with Crippen LogP contribution in [0.3, 0.4) is 0 Å². The van der Waals surface area contributed by atoms with Crippen molar-refractivity contribution >= 4 is 0 Å². The van der Waals surface area contributed by atoms with E-state index in [1.807, 2.05) is 36.5 Å². The van der Waals surface area contributed by atoms with Crippen molar-refractivity contribution in [3.05, 3.63) is 60.8 Å². The fraction of sp³-hybridized carbons (Fsp3) is 0.484. The summed E-state index contributed by atoms with van der Waals surface area (Å²) in [7, 11) is 0. The maximum absolute atomic E-state index is 6.05. The summed E-state index contributed by atoms with van der Waals surface area (Å²) >= 11 is 0. The SMILES string of the molecule is CCCCCCCCOc1ccc(-c2nccc(-c3ccc(OCC4CCCCC4)cc3)n2)cc1. The molecule has 0 spiro atoms. The van der Waals surface area contributed by atoms with Crippen molar-refractivity contribution in [2.75, 3.05) is 13.2 Å². The summed E-state index contributed by atoms with van der Waals surface area (Å²) in [6.45, 7) is 3.85. The fourth-order valence-corrected chi connectivity index (χ4v) is 4.72. The van der Waals surface area contributed by atoms with E-state index in [4.69, 9.17) is 14.5 Å². The fourth-order valence-electron chi connectivity index (χ4n) is 4.72. The number of ether oxygens (including phenoxy) is 2. The second kappa shape index (κ2) is 13.9. The lowest BCUT2D eigenvalue weighted by Crippen LogP contribution is -2.15.